The van der Waals surface area contributed by atoms with Crippen LogP contribution in [0.1, 0.15) is 48.0 Å². The summed E-state index contributed by atoms with van der Waals surface area (Å²) in [7, 11) is 0. The van der Waals surface area contributed by atoms with Crippen molar-refractivity contribution in [3.05, 3.63) is 75.8 Å². The quantitative estimate of drug-likeness (QED) is 0.105. The van der Waals surface area contributed by atoms with Crippen LogP contribution in [0.3, 0.4) is 0 Å². The lowest BCUT2D eigenvalue weighted by Crippen LogP contribution is -2.49. The van der Waals surface area contributed by atoms with Crippen LogP contribution < -0.4 is 27.8 Å². The summed E-state index contributed by atoms with van der Waals surface area (Å²) in [6.07, 6.45) is 0.537. The highest BCUT2D eigenvalue weighted by Crippen LogP contribution is 2.19. The van der Waals surface area contributed by atoms with E-state index < -0.39 is 58.8 Å². The summed E-state index contributed by atoms with van der Waals surface area (Å²) in [6, 6.07) is 11.4. The molecule has 4 amide bonds. The largest absolute Gasteiger partial charge is 0.370 e. The number of carbonyl (C=O) groups excluding carboxylic acids is 5. The number of nitro benzene ring substituents is 1. The lowest BCUT2D eigenvalue weighted by molar-refractivity contribution is -0.384. The molecule has 2 aromatic carbocycles. The summed E-state index contributed by atoms with van der Waals surface area (Å²) in [4.78, 5) is 73.0. The second kappa shape index (κ2) is 15.7. The van der Waals surface area contributed by atoms with E-state index in [1.165, 1.54) is 24.3 Å². The van der Waals surface area contributed by atoms with Crippen LogP contribution in [-0.2, 0) is 25.6 Å². The predicted octanol–water partition coefficient (Wildman–Crippen LogP) is 0.486. The number of nitro groups is 1. The van der Waals surface area contributed by atoms with Crippen LogP contribution in [0.25, 0.3) is 0 Å². The summed E-state index contributed by atoms with van der Waals surface area (Å²) in [5.74, 6) is -4.36. The zero-order chi connectivity index (χ0) is 29.7. The van der Waals surface area contributed by atoms with Crippen molar-refractivity contribution in [2.45, 2.75) is 50.6 Å². The maximum atomic E-state index is 13.5. The number of amides is 4. The lowest BCUT2D eigenvalue weighted by Gasteiger charge is -2.23. The predicted molar refractivity (Wildman–Crippen MR) is 145 cm³/mol. The fourth-order valence-electron chi connectivity index (χ4n) is 4.03. The number of hydrogen-bond donors (Lipinski definition) is 5. The zero-order valence-corrected chi connectivity index (χ0v) is 21.9. The van der Waals surface area contributed by atoms with E-state index in [4.69, 9.17) is 17.2 Å². The number of primary amides is 2. The minimum absolute atomic E-state index is 0.0120. The molecule has 2 aromatic rings. The van der Waals surface area contributed by atoms with Crippen molar-refractivity contribution in [2.24, 2.45) is 23.1 Å². The molecule has 40 heavy (non-hydrogen) atoms. The van der Waals surface area contributed by atoms with Crippen LogP contribution in [0, 0.1) is 16.0 Å². The van der Waals surface area contributed by atoms with Crippen LogP contribution >= 0.6 is 0 Å². The molecular formula is C27H34N6O7. The highest BCUT2D eigenvalue weighted by Gasteiger charge is 2.30. The molecular weight excluding hydrogens is 520 g/mol. The molecule has 0 aliphatic carbocycles. The number of carbonyl (C=O) groups is 5. The molecule has 0 unspecified atom stereocenters. The Morgan fingerprint density at radius 2 is 1.50 bits per heavy atom. The average molecular weight is 555 g/mol. The Balaban J connectivity index is 2.29. The third kappa shape index (κ3) is 10.3. The van der Waals surface area contributed by atoms with Gasteiger partial charge in [0, 0.05) is 30.0 Å². The molecule has 214 valence electrons. The van der Waals surface area contributed by atoms with Gasteiger partial charge in [-0.2, -0.15) is 0 Å². The van der Waals surface area contributed by atoms with Crippen molar-refractivity contribution in [2.75, 3.05) is 6.54 Å². The first kappa shape index (κ1) is 31.6. The molecule has 13 nitrogen and oxygen atoms in total. The lowest BCUT2D eigenvalue weighted by atomic mass is 9.90. The number of nitrogens with two attached hydrogens (primary N) is 3. The molecule has 0 aromatic heterocycles. The Kier molecular flexibility index (Phi) is 12.4. The monoisotopic (exact) mass is 554 g/mol. The molecule has 8 N–H and O–H groups in total. The normalized spacial score (nSPS) is 12.9. The zero-order valence-electron chi connectivity index (χ0n) is 21.9. The van der Waals surface area contributed by atoms with Crippen LogP contribution in [0.2, 0.25) is 0 Å². The Morgan fingerprint density at radius 3 is 2.05 bits per heavy atom. The number of ketones is 1. The van der Waals surface area contributed by atoms with Crippen LogP contribution in [0.5, 0.6) is 0 Å². The molecule has 0 aliphatic rings. The minimum Gasteiger partial charge on any atom is -0.370 e. The number of Topliss-reactive ketones (excluding diaryl/α,β-unsaturated/α-hetero) is 1. The number of rotatable bonds is 17. The fourth-order valence-corrected chi connectivity index (χ4v) is 4.03. The Morgan fingerprint density at radius 1 is 0.850 bits per heavy atom. The topological polar surface area (TPSA) is 231 Å². The van der Waals surface area contributed by atoms with Crippen molar-refractivity contribution in [3.8, 4) is 0 Å². The summed E-state index contributed by atoms with van der Waals surface area (Å²) < 4.78 is 0. The van der Waals surface area contributed by atoms with E-state index in [0.717, 1.165) is 0 Å². The maximum absolute atomic E-state index is 13.5. The van der Waals surface area contributed by atoms with Crippen molar-refractivity contribution in [1.82, 2.24) is 10.6 Å². The van der Waals surface area contributed by atoms with E-state index in [9.17, 15) is 34.1 Å². The smallest absolute Gasteiger partial charge is 0.269 e. The van der Waals surface area contributed by atoms with Gasteiger partial charge in [-0.15, -0.1) is 0 Å². The molecule has 2 rings (SSSR count). The first-order chi connectivity index (χ1) is 19.0. The van der Waals surface area contributed by atoms with Gasteiger partial charge in [-0.3, -0.25) is 34.1 Å². The number of nitrogens with one attached hydrogen (secondary N) is 2. The van der Waals surface area contributed by atoms with Gasteiger partial charge in [0.05, 0.1) is 17.4 Å². The number of hydrogen-bond acceptors (Lipinski definition) is 8. The average Bonchev–Trinajstić information content (AvgIpc) is 2.92. The first-order valence-corrected chi connectivity index (χ1v) is 12.7. The SMILES string of the molecule is NCCCC[C@H](CC(=O)[C@H](Cc1ccc([N+](=O)[O-])cc1)NC(=O)c1ccccc1)C(=O)N[C@@H](CC(N)=O)C(N)=O. The Bertz CT molecular complexity index is 1200. The van der Waals surface area contributed by atoms with Crippen LogP contribution in [-0.4, -0.2) is 53.0 Å². The van der Waals surface area contributed by atoms with E-state index in [2.05, 4.69) is 10.6 Å². The number of nitrogens with zero attached hydrogens (tertiary/aromatic N) is 1. The van der Waals surface area contributed by atoms with Crippen molar-refractivity contribution < 1.29 is 28.9 Å². The standard InChI is InChI=1S/C27H34N6O7/c28-13-5-4-8-19(27(38)32-22(25(30)36)16-24(29)35)15-23(34)21(31-26(37)18-6-2-1-3-7-18)14-17-9-11-20(12-10-17)33(39)40/h1-3,6-7,9-12,19,21-22H,4-5,8,13-16,28H2,(H2,29,35)(H2,30,36)(H,31,37)(H,32,38)/t19-,21+,22+/m1/s1. The number of non-ortho nitro benzene ring substituents is 1. The Labute approximate surface area is 231 Å². The van der Waals surface area contributed by atoms with E-state index in [-0.39, 0.29) is 24.9 Å². The summed E-state index contributed by atoms with van der Waals surface area (Å²) in [5, 5.41) is 16.1. The molecule has 0 fully saturated rings. The van der Waals surface area contributed by atoms with Gasteiger partial charge in [0.15, 0.2) is 5.78 Å². The highest BCUT2D eigenvalue weighted by atomic mass is 16.6. The molecule has 13 heteroatoms. The summed E-state index contributed by atoms with van der Waals surface area (Å²) in [6.45, 7) is 0.365. The van der Waals surface area contributed by atoms with E-state index in [1.807, 2.05) is 0 Å². The highest BCUT2D eigenvalue weighted by molar-refractivity contribution is 5.99. The van der Waals surface area contributed by atoms with Gasteiger partial charge in [-0.1, -0.05) is 36.8 Å². The van der Waals surface area contributed by atoms with Gasteiger partial charge in [-0.25, -0.2) is 0 Å². The third-order valence-corrected chi connectivity index (χ3v) is 6.21. The van der Waals surface area contributed by atoms with Gasteiger partial charge < -0.3 is 27.8 Å². The molecule has 3 atom stereocenters. The van der Waals surface area contributed by atoms with E-state index in [0.29, 0.717) is 30.5 Å². The first-order valence-electron chi connectivity index (χ1n) is 12.7. The van der Waals surface area contributed by atoms with Crippen molar-refractivity contribution >= 4 is 35.1 Å². The number of benzene rings is 2. The molecule has 0 saturated carbocycles. The minimum atomic E-state index is -1.34. The van der Waals surface area contributed by atoms with Crippen molar-refractivity contribution in [1.29, 1.82) is 0 Å². The fraction of sp³-hybridized carbons (Fsp3) is 0.370. The molecule has 0 bridgehead atoms. The van der Waals surface area contributed by atoms with E-state index in [1.54, 1.807) is 30.3 Å². The molecule has 0 aliphatic heterocycles. The van der Waals surface area contributed by atoms with Crippen LogP contribution in [0.4, 0.5) is 5.69 Å². The van der Waals surface area contributed by atoms with Gasteiger partial charge in [0.1, 0.15) is 6.04 Å². The molecule has 0 heterocycles. The van der Waals surface area contributed by atoms with E-state index >= 15 is 0 Å². The van der Waals surface area contributed by atoms with Crippen LogP contribution in [0.15, 0.2) is 54.6 Å². The van der Waals surface area contributed by atoms with Gasteiger partial charge in [-0.05, 0) is 43.5 Å². The van der Waals surface area contributed by atoms with Gasteiger partial charge in [0.2, 0.25) is 17.7 Å². The summed E-state index contributed by atoms with van der Waals surface area (Å²) in [5.41, 5.74) is 16.8. The molecule has 0 saturated heterocycles. The molecule has 0 spiro atoms. The number of unbranched alkanes of at least 4 members (excludes halogenated alkanes) is 1. The summed E-state index contributed by atoms with van der Waals surface area (Å²) >= 11 is 0. The van der Waals surface area contributed by atoms with Gasteiger partial charge >= 0.3 is 0 Å². The molecule has 0 radical (unpaired) electrons. The second-order valence-electron chi connectivity index (χ2n) is 9.31. The maximum Gasteiger partial charge on any atom is 0.269 e. The Hall–Kier alpha value is -4.65. The second-order valence-corrected chi connectivity index (χ2v) is 9.31. The third-order valence-electron chi connectivity index (χ3n) is 6.21. The van der Waals surface area contributed by atoms with Crippen molar-refractivity contribution in [3.63, 3.8) is 0 Å². The van der Waals surface area contributed by atoms with Gasteiger partial charge in [0.25, 0.3) is 11.6 Å².